The molecule has 1 unspecified atom stereocenters. The largest absolute Gasteiger partial charge is 0.357 e. The lowest BCUT2D eigenvalue weighted by atomic mass is 9.94. The van der Waals surface area contributed by atoms with E-state index in [-0.39, 0.29) is 17.9 Å². The van der Waals surface area contributed by atoms with Crippen molar-refractivity contribution in [3.05, 3.63) is 58.7 Å². The van der Waals surface area contributed by atoms with Gasteiger partial charge in [0.1, 0.15) is 5.82 Å². The predicted octanol–water partition coefficient (Wildman–Crippen LogP) is 4.43. The van der Waals surface area contributed by atoms with Gasteiger partial charge in [0, 0.05) is 31.7 Å². The van der Waals surface area contributed by atoms with Gasteiger partial charge in [-0.2, -0.15) is 5.26 Å². The number of pyridine rings is 1. The number of nitrogens with zero attached hydrogens (tertiary/aromatic N) is 4. The number of halogens is 1. The Morgan fingerprint density at radius 2 is 1.96 bits per heavy atom. The van der Waals surface area contributed by atoms with Crippen molar-refractivity contribution in [3.8, 4) is 6.07 Å². The molecule has 1 atom stereocenters. The second kappa shape index (κ2) is 9.07. The molecule has 2 heterocycles. The molecular formula is C22H25ClN4O. The topological polar surface area (TPSA) is 60.2 Å². The fourth-order valence-electron chi connectivity index (χ4n) is 3.78. The van der Waals surface area contributed by atoms with Crippen molar-refractivity contribution >= 4 is 23.3 Å². The van der Waals surface area contributed by atoms with E-state index in [1.165, 1.54) is 0 Å². The number of benzene rings is 1. The van der Waals surface area contributed by atoms with Gasteiger partial charge in [0.2, 0.25) is 5.91 Å². The molecule has 3 rings (SSSR count). The van der Waals surface area contributed by atoms with Crippen LogP contribution in [0.1, 0.15) is 43.9 Å². The Morgan fingerprint density at radius 3 is 2.50 bits per heavy atom. The molecule has 1 saturated heterocycles. The van der Waals surface area contributed by atoms with Gasteiger partial charge in [-0.25, -0.2) is 4.98 Å². The molecule has 5 nitrogen and oxygen atoms in total. The Labute approximate surface area is 171 Å². The van der Waals surface area contributed by atoms with Crippen molar-refractivity contribution in [2.75, 3.05) is 24.5 Å². The van der Waals surface area contributed by atoms with Crippen molar-refractivity contribution < 1.29 is 4.79 Å². The van der Waals surface area contributed by atoms with Crippen LogP contribution in [0.25, 0.3) is 0 Å². The van der Waals surface area contributed by atoms with Crippen LogP contribution in [0.15, 0.2) is 42.6 Å². The number of hydrogen-bond donors (Lipinski definition) is 0. The number of hydrogen-bond acceptors (Lipinski definition) is 4. The summed E-state index contributed by atoms with van der Waals surface area (Å²) in [6, 6.07) is 13.4. The lowest BCUT2D eigenvalue weighted by molar-refractivity contribution is -0.138. The van der Waals surface area contributed by atoms with Crippen LogP contribution in [0.3, 0.4) is 0 Å². The van der Waals surface area contributed by atoms with Gasteiger partial charge < -0.3 is 9.80 Å². The molecular weight excluding hydrogens is 372 g/mol. The second-order valence-electron chi connectivity index (χ2n) is 7.13. The number of nitriles is 1. The number of anilines is 1. The van der Waals surface area contributed by atoms with E-state index < -0.39 is 0 Å². The standard InChI is InChI=1S/C22H25ClN4O/c1-3-27(16(2)18-6-4-17(14-24)5-7-18)22(28)19-10-12-26(13-11-19)21-9-8-20(23)15-25-21/h4-9,15-16,19H,3,10-13H2,1-2H3. The molecule has 146 valence electrons. The van der Waals surface area contributed by atoms with E-state index in [4.69, 9.17) is 16.9 Å². The fraction of sp³-hybridized carbons (Fsp3) is 0.409. The summed E-state index contributed by atoms with van der Waals surface area (Å²) in [4.78, 5) is 21.7. The number of amides is 1. The summed E-state index contributed by atoms with van der Waals surface area (Å²) in [6.45, 7) is 6.36. The number of piperidine rings is 1. The third kappa shape index (κ3) is 4.45. The van der Waals surface area contributed by atoms with Gasteiger partial charge >= 0.3 is 0 Å². The highest BCUT2D eigenvalue weighted by Crippen LogP contribution is 2.28. The third-order valence-electron chi connectivity index (χ3n) is 5.49. The lowest BCUT2D eigenvalue weighted by Gasteiger charge is -2.36. The Bertz CT molecular complexity index is 836. The zero-order valence-electron chi connectivity index (χ0n) is 16.3. The number of rotatable bonds is 5. The van der Waals surface area contributed by atoms with E-state index in [0.29, 0.717) is 17.1 Å². The first-order valence-electron chi connectivity index (χ1n) is 9.70. The van der Waals surface area contributed by atoms with Crippen LogP contribution >= 0.6 is 11.6 Å². The molecule has 0 radical (unpaired) electrons. The van der Waals surface area contributed by atoms with Crippen molar-refractivity contribution in [2.24, 2.45) is 5.92 Å². The summed E-state index contributed by atoms with van der Waals surface area (Å²) in [5, 5.41) is 9.60. The maximum Gasteiger partial charge on any atom is 0.226 e. The van der Waals surface area contributed by atoms with E-state index in [0.717, 1.165) is 37.3 Å². The van der Waals surface area contributed by atoms with Gasteiger partial charge in [-0.05, 0) is 56.5 Å². The van der Waals surface area contributed by atoms with Crippen LogP contribution < -0.4 is 4.90 Å². The Hall–Kier alpha value is -2.58. The average Bonchev–Trinajstić information content (AvgIpc) is 2.75. The first-order valence-corrected chi connectivity index (χ1v) is 10.1. The molecule has 0 bridgehead atoms. The van der Waals surface area contributed by atoms with Crippen LogP contribution in [0.4, 0.5) is 5.82 Å². The van der Waals surface area contributed by atoms with Crippen molar-refractivity contribution in [1.29, 1.82) is 5.26 Å². The van der Waals surface area contributed by atoms with E-state index in [1.807, 2.05) is 48.2 Å². The molecule has 2 aromatic rings. The second-order valence-corrected chi connectivity index (χ2v) is 7.57. The van der Waals surface area contributed by atoms with Crippen molar-refractivity contribution in [3.63, 3.8) is 0 Å². The predicted molar refractivity (Wildman–Crippen MR) is 111 cm³/mol. The summed E-state index contributed by atoms with van der Waals surface area (Å²) in [6.07, 6.45) is 3.30. The average molecular weight is 397 g/mol. The summed E-state index contributed by atoms with van der Waals surface area (Å²) in [7, 11) is 0. The van der Waals surface area contributed by atoms with Gasteiger partial charge in [0.15, 0.2) is 0 Å². The monoisotopic (exact) mass is 396 g/mol. The summed E-state index contributed by atoms with van der Waals surface area (Å²) < 4.78 is 0. The zero-order chi connectivity index (χ0) is 20.1. The van der Waals surface area contributed by atoms with Gasteiger partial charge in [-0.1, -0.05) is 23.7 Å². The van der Waals surface area contributed by atoms with E-state index in [9.17, 15) is 4.79 Å². The number of carbonyl (C=O) groups excluding carboxylic acids is 1. The Morgan fingerprint density at radius 1 is 1.29 bits per heavy atom. The molecule has 0 N–H and O–H groups in total. The van der Waals surface area contributed by atoms with Crippen molar-refractivity contribution in [1.82, 2.24) is 9.88 Å². The summed E-state index contributed by atoms with van der Waals surface area (Å²) in [5.41, 5.74) is 1.69. The van der Waals surface area contributed by atoms with Gasteiger partial charge in [0.25, 0.3) is 0 Å². The van der Waals surface area contributed by atoms with Crippen molar-refractivity contribution in [2.45, 2.75) is 32.7 Å². The number of aromatic nitrogens is 1. The Kier molecular flexibility index (Phi) is 6.53. The van der Waals surface area contributed by atoms with E-state index >= 15 is 0 Å². The summed E-state index contributed by atoms with van der Waals surface area (Å²) in [5.74, 6) is 1.15. The molecule has 28 heavy (non-hydrogen) atoms. The maximum atomic E-state index is 13.2. The molecule has 0 spiro atoms. The maximum absolute atomic E-state index is 13.2. The first-order chi connectivity index (χ1) is 13.5. The van der Waals surface area contributed by atoms with Crippen LogP contribution in [0.5, 0.6) is 0 Å². The quantitative estimate of drug-likeness (QED) is 0.749. The van der Waals surface area contributed by atoms with Crippen LogP contribution in [0, 0.1) is 17.2 Å². The minimum atomic E-state index is -0.0128. The first kappa shape index (κ1) is 20.2. The highest BCUT2D eigenvalue weighted by molar-refractivity contribution is 6.30. The van der Waals surface area contributed by atoms with Gasteiger partial charge in [-0.15, -0.1) is 0 Å². The third-order valence-corrected chi connectivity index (χ3v) is 5.72. The van der Waals surface area contributed by atoms with E-state index in [1.54, 1.807) is 6.20 Å². The molecule has 1 amide bonds. The number of carbonyl (C=O) groups is 1. The van der Waals surface area contributed by atoms with Crippen LogP contribution in [-0.2, 0) is 4.79 Å². The molecule has 1 aromatic carbocycles. The molecule has 1 aliphatic heterocycles. The SMILES string of the molecule is CCN(C(=O)C1CCN(c2ccc(Cl)cn2)CC1)C(C)c1ccc(C#N)cc1. The minimum absolute atomic E-state index is 0.0128. The molecule has 1 aliphatic rings. The molecule has 6 heteroatoms. The molecule has 0 aliphatic carbocycles. The van der Waals surface area contributed by atoms with Gasteiger partial charge in [-0.3, -0.25) is 4.79 Å². The smallest absolute Gasteiger partial charge is 0.226 e. The molecule has 1 fully saturated rings. The lowest BCUT2D eigenvalue weighted by Crippen LogP contribution is -2.43. The molecule has 1 aromatic heterocycles. The highest BCUT2D eigenvalue weighted by atomic mass is 35.5. The fourth-order valence-corrected chi connectivity index (χ4v) is 3.89. The van der Waals surface area contributed by atoms with E-state index in [2.05, 4.69) is 22.9 Å². The minimum Gasteiger partial charge on any atom is -0.357 e. The van der Waals surface area contributed by atoms with Gasteiger partial charge in [0.05, 0.1) is 22.7 Å². The normalized spacial score (nSPS) is 15.7. The Balaban J connectivity index is 1.63. The zero-order valence-corrected chi connectivity index (χ0v) is 17.1. The van der Waals surface area contributed by atoms with Crippen LogP contribution in [0.2, 0.25) is 5.02 Å². The summed E-state index contributed by atoms with van der Waals surface area (Å²) >= 11 is 5.92. The molecule has 0 saturated carbocycles. The van der Waals surface area contributed by atoms with Crippen LogP contribution in [-0.4, -0.2) is 35.4 Å². The highest BCUT2D eigenvalue weighted by Gasteiger charge is 2.30.